The van der Waals surface area contributed by atoms with Crippen molar-refractivity contribution in [1.29, 1.82) is 0 Å². The van der Waals surface area contributed by atoms with Crippen molar-refractivity contribution < 1.29 is 4.79 Å². The Bertz CT molecular complexity index is 192. The molecule has 1 aliphatic rings. The summed E-state index contributed by atoms with van der Waals surface area (Å²) in [6, 6.07) is 0.413. The van der Waals surface area contributed by atoms with E-state index in [1.165, 1.54) is 19.3 Å². The van der Waals surface area contributed by atoms with E-state index in [4.69, 9.17) is 11.5 Å². The number of hydrogen-bond acceptors (Lipinski definition) is 3. The third-order valence-electron chi connectivity index (χ3n) is 3.07. The largest absolute Gasteiger partial charge is 0.368 e. The van der Waals surface area contributed by atoms with E-state index in [1.54, 1.807) is 0 Å². The fourth-order valence-corrected chi connectivity index (χ4v) is 1.85. The molecule has 0 heterocycles. The van der Waals surface area contributed by atoms with Gasteiger partial charge in [0.15, 0.2) is 0 Å². The van der Waals surface area contributed by atoms with Gasteiger partial charge < -0.3 is 11.5 Å². The molecule has 82 valence electrons. The number of rotatable bonds is 6. The van der Waals surface area contributed by atoms with Gasteiger partial charge in [-0.1, -0.05) is 6.42 Å². The van der Waals surface area contributed by atoms with Crippen LogP contribution in [0.5, 0.6) is 0 Å². The maximum atomic E-state index is 11.1. The first-order valence-electron chi connectivity index (χ1n) is 5.42. The average molecular weight is 199 g/mol. The van der Waals surface area contributed by atoms with E-state index in [2.05, 4.69) is 4.90 Å². The van der Waals surface area contributed by atoms with Gasteiger partial charge in [-0.05, 0) is 32.7 Å². The molecule has 1 rings (SSSR count). The molecule has 1 saturated carbocycles. The number of carbonyl (C=O) groups is 1. The highest BCUT2D eigenvalue weighted by Crippen LogP contribution is 2.26. The highest BCUT2D eigenvalue weighted by Gasteiger charge is 2.30. The van der Waals surface area contributed by atoms with E-state index in [1.807, 2.05) is 6.92 Å². The van der Waals surface area contributed by atoms with Gasteiger partial charge in [-0.15, -0.1) is 0 Å². The van der Waals surface area contributed by atoms with Crippen LogP contribution >= 0.6 is 0 Å². The molecule has 4 heteroatoms. The van der Waals surface area contributed by atoms with Gasteiger partial charge in [-0.3, -0.25) is 9.69 Å². The SMILES string of the molecule is CC(C(N)=O)N(CCCN)C1CCC1. The summed E-state index contributed by atoms with van der Waals surface area (Å²) in [6.07, 6.45) is 4.60. The predicted molar refractivity (Wildman–Crippen MR) is 56.7 cm³/mol. The topological polar surface area (TPSA) is 72.4 Å². The summed E-state index contributed by atoms with van der Waals surface area (Å²) in [5.74, 6) is -0.228. The Morgan fingerprint density at radius 1 is 1.57 bits per heavy atom. The molecule has 1 atom stereocenters. The Labute approximate surface area is 85.6 Å². The minimum atomic E-state index is -0.228. The summed E-state index contributed by atoms with van der Waals surface area (Å²) in [7, 11) is 0. The summed E-state index contributed by atoms with van der Waals surface area (Å²) < 4.78 is 0. The molecule has 4 nitrogen and oxygen atoms in total. The van der Waals surface area contributed by atoms with Crippen LogP contribution in [0.3, 0.4) is 0 Å². The van der Waals surface area contributed by atoms with Crippen LogP contribution in [-0.4, -0.2) is 36.0 Å². The zero-order chi connectivity index (χ0) is 10.6. The Hall–Kier alpha value is -0.610. The predicted octanol–water partition coefficient (Wildman–Crippen LogP) is 0.0635. The molecule has 1 aliphatic carbocycles. The summed E-state index contributed by atoms with van der Waals surface area (Å²) in [5, 5.41) is 0. The Balaban J connectivity index is 2.46. The van der Waals surface area contributed by atoms with E-state index in [9.17, 15) is 4.79 Å². The number of hydrogen-bond donors (Lipinski definition) is 2. The lowest BCUT2D eigenvalue weighted by molar-refractivity contribution is -0.124. The standard InChI is InChI=1S/C10H21N3O/c1-8(10(12)14)13(7-3-6-11)9-4-2-5-9/h8-9H,2-7,11H2,1H3,(H2,12,14). The van der Waals surface area contributed by atoms with Crippen molar-refractivity contribution in [3.8, 4) is 0 Å². The van der Waals surface area contributed by atoms with Crippen LogP contribution in [0.1, 0.15) is 32.6 Å². The third kappa shape index (κ3) is 2.69. The van der Waals surface area contributed by atoms with Crippen LogP contribution in [0.4, 0.5) is 0 Å². The number of nitrogens with two attached hydrogens (primary N) is 2. The molecule has 0 aliphatic heterocycles. The molecule has 0 radical (unpaired) electrons. The summed E-state index contributed by atoms with van der Waals surface area (Å²) in [4.78, 5) is 13.3. The number of amides is 1. The van der Waals surface area contributed by atoms with Crippen molar-refractivity contribution in [2.45, 2.75) is 44.7 Å². The molecular weight excluding hydrogens is 178 g/mol. The van der Waals surface area contributed by atoms with Crippen molar-refractivity contribution in [3.63, 3.8) is 0 Å². The van der Waals surface area contributed by atoms with Gasteiger partial charge in [0.2, 0.25) is 5.91 Å². The molecule has 0 aromatic heterocycles. The lowest BCUT2D eigenvalue weighted by Crippen LogP contribution is -2.51. The van der Waals surface area contributed by atoms with Gasteiger partial charge in [-0.2, -0.15) is 0 Å². The van der Waals surface area contributed by atoms with Gasteiger partial charge >= 0.3 is 0 Å². The van der Waals surface area contributed by atoms with E-state index in [-0.39, 0.29) is 11.9 Å². The average Bonchev–Trinajstić information content (AvgIpc) is 2.07. The van der Waals surface area contributed by atoms with E-state index in [0.717, 1.165) is 13.0 Å². The molecule has 1 amide bonds. The number of primary amides is 1. The Morgan fingerprint density at radius 2 is 2.21 bits per heavy atom. The summed E-state index contributed by atoms with van der Waals surface area (Å²) in [5.41, 5.74) is 10.8. The fourth-order valence-electron chi connectivity index (χ4n) is 1.85. The second-order valence-corrected chi connectivity index (χ2v) is 4.04. The van der Waals surface area contributed by atoms with Crippen LogP contribution in [0.25, 0.3) is 0 Å². The number of carbonyl (C=O) groups excluding carboxylic acids is 1. The first-order chi connectivity index (χ1) is 6.66. The Kier molecular flexibility index (Phi) is 4.35. The molecule has 0 saturated heterocycles. The minimum Gasteiger partial charge on any atom is -0.368 e. The van der Waals surface area contributed by atoms with Gasteiger partial charge in [0, 0.05) is 12.6 Å². The van der Waals surface area contributed by atoms with Crippen molar-refractivity contribution in [2.24, 2.45) is 11.5 Å². The van der Waals surface area contributed by atoms with Crippen molar-refractivity contribution in [1.82, 2.24) is 4.90 Å². The maximum absolute atomic E-state index is 11.1. The summed E-state index contributed by atoms with van der Waals surface area (Å²) >= 11 is 0. The van der Waals surface area contributed by atoms with Crippen LogP contribution < -0.4 is 11.5 Å². The van der Waals surface area contributed by atoms with E-state index < -0.39 is 0 Å². The molecule has 0 bridgehead atoms. The number of nitrogens with zero attached hydrogens (tertiary/aromatic N) is 1. The monoisotopic (exact) mass is 199 g/mol. The lowest BCUT2D eigenvalue weighted by Gasteiger charge is -2.40. The smallest absolute Gasteiger partial charge is 0.234 e. The first kappa shape index (κ1) is 11.5. The van der Waals surface area contributed by atoms with Gasteiger partial charge in [-0.25, -0.2) is 0 Å². The molecule has 1 fully saturated rings. The maximum Gasteiger partial charge on any atom is 0.234 e. The summed E-state index contributed by atoms with van der Waals surface area (Å²) in [6.45, 7) is 3.46. The molecule has 14 heavy (non-hydrogen) atoms. The van der Waals surface area contributed by atoms with Crippen molar-refractivity contribution >= 4 is 5.91 Å². The van der Waals surface area contributed by atoms with Crippen LogP contribution in [-0.2, 0) is 4.79 Å². The highest BCUT2D eigenvalue weighted by molar-refractivity contribution is 5.79. The van der Waals surface area contributed by atoms with Crippen molar-refractivity contribution in [3.05, 3.63) is 0 Å². The zero-order valence-corrected chi connectivity index (χ0v) is 8.91. The van der Waals surface area contributed by atoms with E-state index >= 15 is 0 Å². The first-order valence-corrected chi connectivity index (χ1v) is 5.42. The third-order valence-corrected chi connectivity index (χ3v) is 3.07. The molecule has 0 aromatic rings. The van der Waals surface area contributed by atoms with Crippen molar-refractivity contribution in [2.75, 3.05) is 13.1 Å². The van der Waals surface area contributed by atoms with Gasteiger partial charge in [0.25, 0.3) is 0 Å². The van der Waals surface area contributed by atoms with Crippen LogP contribution in [0, 0.1) is 0 Å². The second kappa shape index (κ2) is 5.32. The zero-order valence-electron chi connectivity index (χ0n) is 8.91. The Morgan fingerprint density at radius 3 is 2.57 bits per heavy atom. The molecule has 4 N–H and O–H groups in total. The van der Waals surface area contributed by atoms with Crippen LogP contribution in [0.15, 0.2) is 0 Å². The molecule has 1 unspecified atom stereocenters. The van der Waals surface area contributed by atoms with E-state index in [0.29, 0.717) is 12.6 Å². The fraction of sp³-hybridized carbons (Fsp3) is 0.900. The molecular formula is C10H21N3O. The molecule has 0 aromatic carbocycles. The minimum absolute atomic E-state index is 0.146. The molecule has 0 spiro atoms. The lowest BCUT2D eigenvalue weighted by atomic mass is 9.90. The second-order valence-electron chi connectivity index (χ2n) is 4.04. The quantitative estimate of drug-likeness (QED) is 0.635. The van der Waals surface area contributed by atoms with Gasteiger partial charge in [0.1, 0.15) is 0 Å². The van der Waals surface area contributed by atoms with Crippen LogP contribution in [0.2, 0.25) is 0 Å². The normalized spacial score (nSPS) is 19.4. The highest BCUT2D eigenvalue weighted by atomic mass is 16.1. The van der Waals surface area contributed by atoms with Gasteiger partial charge in [0.05, 0.1) is 6.04 Å².